The minimum atomic E-state index is -0.634. The van der Waals surface area contributed by atoms with Crippen molar-refractivity contribution in [2.75, 3.05) is 13.1 Å². The van der Waals surface area contributed by atoms with Crippen LogP contribution in [0.25, 0.3) is 0 Å². The van der Waals surface area contributed by atoms with Gasteiger partial charge in [0.15, 0.2) is 0 Å². The molecule has 0 amide bonds. The molecule has 1 aromatic rings. The van der Waals surface area contributed by atoms with Crippen LogP contribution in [0.15, 0.2) is 24.3 Å². The minimum absolute atomic E-state index is 0.322. The molecule has 0 bridgehead atoms. The second-order valence-electron chi connectivity index (χ2n) is 5.43. The molecule has 100 valence electrons. The lowest BCUT2D eigenvalue weighted by atomic mass is 9.75. The monoisotopic (exact) mass is 247 g/mol. The SMILES string of the molecule is CCCc1ccc(C2(O)CCNCC2CC)cc1. The summed E-state index contributed by atoms with van der Waals surface area (Å²) in [5.74, 6) is 0.322. The van der Waals surface area contributed by atoms with Crippen LogP contribution in [-0.4, -0.2) is 18.2 Å². The number of aryl methyl sites for hydroxylation is 1. The molecule has 0 saturated carbocycles. The van der Waals surface area contributed by atoms with Crippen molar-refractivity contribution in [2.24, 2.45) is 5.92 Å². The van der Waals surface area contributed by atoms with Crippen molar-refractivity contribution in [2.45, 2.75) is 45.1 Å². The van der Waals surface area contributed by atoms with Gasteiger partial charge in [-0.15, -0.1) is 0 Å². The van der Waals surface area contributed by atoms with Gasteiger partial charge in [0.1, 0.15) is 0 Å². The number of nitrogens with one attached hydrogen (secondary N) is 1. The summed E-state index contributed by atoms with van der Waals surface area (Å²) in [4.78, 5) is 0. The largest absolute Gasteiger partial charge is 0.385 e. The molecule has 1 fully saturated rings. The third kappa shape index (κ3) is 2.60. The zero-order valence-corrected chi connectivity index (χ0v) is 11.6. The van der Waals surface area contributed by atoms with E-state index < -0.39 is 5.60 Å². The van der Waals surface area contributed by atoms with Gasteiger partial charge in [-0.25, -0.2) is 0 Å². The van der Waals surface area contributed by atoms with Gasteiger partial charge in [0.05, 0.1) is 5.60 Å². The van der Waals surface area contributed by atoms with Crippen molar-refractivity contribution < 1.29 is 5.11 Å². The predicted octanol–water partition coefficient (Wildman–Crippen LogP) is 2.85. The smallest absolute Gasteiger partial charge is 0.0948 e. The number of aliphatic hydroxyl groups is 1. The second kappa shape index (κ2) is 5.85. The lowest BCUT2D eigenvalue weighted by molar-refractivity contribution is -0.0478. The zero-order valence-electron chi connectivity index (χ0n) is 11.6. The normalized spacial score (nSPS) is 28.3. The molecule has 0 radical (unpaired) electrons. The number of rotatable bonds is 4. The first-order valence-electron chi connectivity index (χ1n) is 7.23. The summed E-state index contributed by atoms with van der Waals surface area (Å²) in [6.07, 6.45) is 4.13. The molecule has 0 aliphatic carbocycles. The van der Waals surface area contributed by atoms with Crippen molar-refractivity contribution in [3.63, 3.8) is 0 Å². The van der Waals surface area contributed by atoms with E-state index in [-0.39, 0.29) is 0 Å². The Kier molecular flexibility index (Phi) is 4.41. The summed E-state index contributed by atoms with van der Waals surface area (Å²) in [5.41, 5.74) is 1.83. The number of piperidine rings is 1. The summed E-state index contributed by atoms with van der Waals surface area (Å²) in [5, 5.41) is 14.4. The Morgan fingerprint density at radius 1 is 1.28 bits per heavy atom. The van der Waals surface area contributed by atoms with Crippen LogP contribution >= 0.6 is 0 Å². The molecule has 2 N–H and O–H groups in total. The van der Waals surface area contributed by atoms with Gasteiger partial charge in [-0.2, -0.15) is 0 Å². The quantitative estimate of drug-likeness (QED) is 0.857. The fourth-order valence-electron chi connectivity index (χ4n) is 3.04. The van der Waals surface area contributed by atoms with Crippen LogP contribution in [0, 0.1) is 5.92 Å². The van der Waals surface area contributed by atoms with Gasteiger partial charge in [-0.1, -0.05) is 44.5 Å². The third-order valence-electron chi connectivity index (χ3n) is 4.23. The van der Waals surface area contributed by atoms with Crippen LogP contribution in [0.2, 0.25) is 0 Å². The van der Waals surface area contributed by atoms with Crippen LogP contribution in [0.4, 0.5) is 0 Å². The first-order chi connectivity index (χ1) is 8.70. The van der Waals surface area contributed by atoms with Crippen molar-refractivity contribution in [1.82, 2.24) is 5.32 Å². The summed E-state index contributed by atoms with van der Waals surface area (Å²) < 4.78 is 0. The molecular weight excluding hydrogens is 222 g/mol. The highest BCUT2D eigenvalue weighted by Gasteiger charge is 2.39. The van der Waals surface area contributed by atoms with E-state index in [4.69, 9.17) is 0 Å². The zero-order chi connectivity index (χ0) is 13.0. The first kappa shape index (κ1) is 13.6. The minimum Gasteiger partial charge on any atom is -0.385 e. The van der Waals surface area contributed by atoms with Gasteiger partial charge in [0.25, 0.3) is 0 Å². The summed E-state index contributed by atoms with van der Waals surface area (Å²) in [7, 11) is 0. The van der Waals surface area contributed by atoms with E-state index in [1.807, 2.05) is 0 Å². The predicted molar refractivity (Wildman–Crippen MR) is 75.6 cm³/mol. The lowest BCUT2D eigenvalue weighted by Gasteiger charge is -2.40. The van der Waals surface area contributed by atoms with Crippen LogP contribution < -0.4 is 5.32 Å². The van der Waals surface area contributed by atoms with Gasteiger partial charge >= 0.3 is 0 Å². The molecule has 1 heterocycles. The highest BCUT2D eigenvalue weighted by Crippen LogP contribution is 2.36. The molecule has 1 aliphatic heterocycles. The van der Waals surface area contributed by atoms with Gasteiger partial charge in [0.2, 0.25) is 0 Å². The van der Waals surface area contributed by atoms with E-state index in [1.54, 1.807) is 0 Å². The van der Waals surface area contributed by atoms with Crippen LogP contribution in [-0.2, 0) is 12.0 Å². The second-order valence-corrected chi connectivity index (χ2v) is 5.43. The fourth-order valence-corrected chi connectivity index (χ4v) is 3.04. The van der Waals surface area contributed by atoms with E-state index in [1.165, 1.54) is 12.0 Å². The molecule has 0 spiro atoms. The van der Waals surface area contributed by atoms with E-state index in [0.29, 0.717) is 5.92 Å². The maximum Gasteiger partial charge on any atom is 0.0948 e. The highest BCUT2D eigenvalue weighted by molar-refractivity contribution is 5.28. The van der Waals surface area contributed by atoms with Gasteiger partial charge < -0.3 is 10.4 Å². The third-order valence-corrected chi connectivity index (χ3v) is 4.23. The maximum absolute atomic E-state index is 11.0. The number of hydrogen-bond donors (Lipinski definition) is 2. The highest BCUT2D eigenvalue weighted by atomic mass is 16.3. The molecule has 2 atom stereocenters. The standard InChI is InChI=1S/C16H25NO/c1-3-5-13-6-8-15(9-7-13)16(18)10-11-17-12-14(16)4-2/h6-9,14,17-18H,3-5,10-12H2,1-2H3. The lowest BCUT2D eigenvalue weighted by Crippen LogP contribution is -2.47. The van der Waals surface area contributed by atoms with Crippen molar-refractivity contribution in [1.29, 1.82) is 0 Å². The topological polar surface area (TPSA) is 32.3 Å². The molecule has 2 heteroatoms. The Bertz CT molecular complexity index is 373. The van der Waals surface area contributed by atoms with E-state index in [0.717, 1.165) is 37.9 Å². The van der Waals surface area contributed by atoms with Crippen molar-refractivity contribution in [3.8, 4) is 0 Å². The molecule has 0 aromatic heterocycles. The summed E-state index contributed by atoms with van der Waals surface area (Å²) in [6, 6.07) is 8.59. The van der Waals surface area contributed by atoms with Crippen LogP contribution in [0.3, 0.4) is 0 Å². The molecular formula is C16H25NO. The van der Waals surface area contributed by atoms with Crippen LogP contribution in [0.1, 0.15) is 44.2 Å². The fraction of sp³-hybridized carbons (Fsp3) is 0.625. The Balaban J connectivity index is 2.22. The van der Waals surface area contributed by atoms with Crippen molar-refractivity contribution >= 4 is 0 Å². The molecule has 1 aliphatic rings. The molecule has 1 saturated heterocycles. The Labute approximate surface area is 110 Å². The maximum atomic E-state index is 11.0. The Hall–Kier alpha value is -0.860. The molecule has 2 nitrogen and oxygen atoms in total. The Morgan fingerprint density at radius 2 is 2.00 bits per heavy atom. The van der Waals surface area contributed by atoms with Gasteiger partial charge in [-0.3, -0.25) is 0 Å². The number of benzene rings is 1. The Morgan fingerprint density at radius 3 is 2.61 bits per heavy atom. The average Bonchev–Trinajstić information content (AvgIpc) is 2.40. The van der Waals surface area contributed by atoms with E-state index >= 15 is 0 Å². The average molecular weight is 247 g/mol. The van der Waals surface area contributed by atoms with Gasteiger partial charge in [-0.05, 0) is 36.9 Å². The molecule has 1 aromatic carbocycles. The summed E-state index contributed by atoms with van der Waals surface area (Å²) in [6.45, 7) is 6.18. The summed E-state index contributed by atoms with van der Waals surface area (Å²) >= 11 is 0. The van der Waals surface area contributed by atoms with E-state index in [9.17, 15) is 5.11 Å². The molecule has 2 unspecified atom stereocenters. The van der Waals surface area contributed by atoms with Crippen molar-refractivity contribution in [3.05, 3.63) is 35.4 Å². The number of hydrogen-bond acceptors (Lipinski definition) is 2. The van der Waals surface area contributed by atoms with Gasteiger partial charge in [0, 0.05) is 12.5 Å². The van der Waals surface area contributed by atoms with Crippen LogP contribution in [0.5, 0.6) is 0 Å². The first-order valence-corrected chi connectivity index (χ1v) is 7.23. The van der Waals surface area contributed by atoms with E-state index in [2.05, 4.69) is 43.4 Å². The molecule has 18 heavy (non-hydrogen) atoms. The molecule has 2 rings (SSSR count).